The highest BCUT2D eigenvalue weighted by Gasteiger charge is 2.25. The van der Waals surface area contributed by atoms with Crippen LogP contribution in [-0.4, -0.2) is 79.3 Å². The molecule has 2 N–H and O–H groups in total. The van der Waals surface area contributed by atoms with E-state index < -0.39 is 5.60 Å². The van der Waals surface area contributed by atoms with Crippen molar-refractivity contribution in [2.75, 3.05) is 45.8 Å². The fourth-order valence-corrected chi connectivity index (χ4v) is 2.44. The maximum Gasteiger partial charge on any atom is 0.410 e. The van der Waals surface area contributed by atoms with Crippen molar-refractivity contribution in [3.63, 3.8) is 0 Å². The second-order valence-corrected chi connectivity index (χ2v) is 7.52. The fraction of sp³-hybridized carbons (Fsp3) is 0.889. The van der Waals surface area contributed by atoms with Crippen LogP contribution in [0.4, 0.5) is 4.79 Å². The Morgan fingerprint density at radius 3 is 2.36 bits per heavy atom. The summed E-state index contributed by atoms with van der Waals surface area (Å²) in [6.07, 6.45) is 0.856. The second kappa shape index (κ2) is 10.5. The summed E-state index contributed by atoms with van der Waals surface area (Å²) >= 11 is 0. The molecule has 1 aliphatic heterocycles. The predicted molar refractivity (Wildman–Crippen MR) is 103 cm³/mol. The van der Waals surface area contributed by atoms with Crippen molar-refractivity contribution in [3.05, 3.63) is 0 Å². The lowest BCUT2D eigenvalue weighted by Gasteiger charge is -2.35. The second-order valence-electron chi connectivity index (χ2n) is 7.52. The number of hydrogen-bond acceptors (Lipinski definition) is 4. The predicted octanol–water partition coefficient (Wildman–Crippen LogP) is 1.89. The maximum absolute atomic E-state index is 12.1. The van der Waals surface area contributed by atoms with Gasteiger partial charge in [0, 0.05) is 45.3 Å². The first-order chi connectivity index (χ1) is 11.7. The lowest BCUT2D eigenvalue weighted by atomic mass is 10.2. The van der Waals surface area contributed by atoms with Crippen LogP contribution in [0.15, 0.2) is 4.99 Å². The van der Waals surface area contributed by atoms with Crippen LogP contribution in [0.3, 0.4) is 0 Å². The normalized spacial score (nSPS) is 18.0. The van der Waals surface area contributed by atoms with E-state index in [2.05, 4.69) is 41.3 Å². The average Bonchev–Trinajstić information content (AvgIpc) is 2.53. The van der Waals surface area contributed by atoms with Crippen molar-refractivity contribution in [2.24, 2.45) is 4.99 Å². The molecule has 1 heterocycles. The zero-order valence-corrected chi connectivity index (χ0v) is 16.9. The van der Waals surface area contributed by atoms with Crippen molar-refractivity contribution in [2.45, 2.75) is 59.6 Å². The van der Waals surface area contributed by atoms with E-state index in [0.29, 0.717) is 19.1 Å². The number of amides is 1. The van der Waals surface area contributed by atoms with E-state index in [1.165, 1.54) is 0 Å². The largest absolute Gasteiger partial charge is 0.444 e. The number of aliphatic imine (C=N–C) groups is 1. The van der Waals surface area contributed by atoms with Crippen LogP contribution in [0.1, 0.15) is 48.0 Å². The molecule has 7 nitrogen and oxygen atoms in total. The van der Waals surface area contributed by atoms with Gasteiger partial charge in [-0.2, -0.15) is 0 Å². The molecule has 1 atom stereocenters. The highest BCUT2D eigenvalue weighted by Crippen LogP contribution is 2.11. The quantitative estimate of drug-likeness (QED) is 0.562. The molecule has 1 unspecified atom stereocenters. The van der Waals surface area contributed by atoms with Gasteiger partial charge in [0.05, 0.1) is 6.54 Å². The minimum absolute atomic E-state index is 0.211. The van der Waals surface area contributed by atoms with Crippen molar-refractivity contribution in [1.82, 2.24) is 20.4 Å². The minimum atomic E-state index is -0.436. The summed E-state index contributed by atoms with van der Waals surface area (Å²) in [6, 6.07) is 0.412. The van der Waals surface area contributed by atoms with Gasteiger partial charge in [-0.25, -0.2) is 4.79 Å². The number of carbonyl (C=O) groups excluding carboxylic acids is 1. The molecule has 146 valence electrons. The van der Waals surface area contributed by atoms with E-state index in [1.807, 2.05) is 20.8 Å². The van der Waals surface area contributed by atoms with E-state index in [0.717, 1.165) is 45.1 Å². The molecule has 0 radical (unpaired) electrons. The third-order valence-corrected chi connectivity index (χ3v) is 4.05. The minimum Gasteiger partial charge on any atom is -0.444 e. The van der Waals surface area contributed by atoms with Gasteiger partial charge in [-0.05, 0) is 41.0 Å². The number of ether oxygens (including phenoxy) is 1. The van der Waals surface area contributed by atoms with Gasteiger partial charge >= 0.3 is 6.09 Å². The molecule has 0 aromatic heterocycles. The number of piperazine rings is 1. The molecule has 1 saturated heterocycles. The monoisotopic (exact) mass is 355 g/mol. The molecule has 0 aliphatic carbocycles. The molecule has 25 heavy (non-hydrogen) atoms. The first-order valence-electron chi connectivity index (χ1n) is 9.50. The Hall–Kier alpha value is -1.50. The van der Waals surface area contributed by atoms with Crippen molar-refractivity contribution in [1.29, 1.82) is 0 Å². The van der Waals surface area contributed by atoms with Gasteiger partial charge in [0.15, 0.2) is 5.96 Å². The van der Waals surface area contributed by atoms with Crippen LogP contribution in [0, 0.1) is 0 Å². The zero-order chi connectivity index (χ0) is 18.9. The van der Waals surface area contributed by atoms with Crippen LogP contribution in [0.25, 0.3) is 0 Å². The van der Waals surface area contributed by atoms with Gasteiger partial charge in [0.1, 0.15) is 5.60 Å². The average molecular weight is 356 g/mol. The van der Waals surface area contributed by atoms with Crippen LogP contribution in [-0.2, 0) is 4.74 Å². The van der Waals surface area contributed by atoms with E-state index in [4.69, 9.17) is 4.74 Å². The summed E-state index contributed by atoms with van der Waals surface area (Å²) in [4.78, 5) is 20.9. The molecule has 0 saturated carbocycles. The highest BCUT2D eigenvalue weighted by atomic mass is 16.6. The van der Waals surface area contributed by atoms with Gasteiger partial charge in [-0.1, -0.05) is 6.92 Å². The Morgan fingerprint density at radius 1 is 1.20 bits per heavy atom. The van der Waals surface area contributed by atoms with Crippen molar-refractivity contribution in [3.8, 4) is 0 Å². The van der Waals surface area contributed by atoms with Crippen LogP contribution in [0.5, 0.6) is 0 Å². The van der Waals surface area contributed by atoms with Crippen molar-refractivity contribution < 1.29 is 9.53 Å². The summed E-state index contributed by atoms with van der Waals surface area (Å²) in [5, 5.41) is 6.68. The maximum atomic E-state index is 12.1. The Morgan fingerprint density at radius 2 is 1.84 bits per heavy atom. The Labute approximate surface area is 153 Å². The lowest BCUT2D eigenvalue weighted by Crippen LogP contribution is -2.50. The SMILES string of the molecule is CCNC(=NCCN1CCN(C(=O)OC(C)(C)C)CC1)NC(C)CC. The van der Waals surface area contributed by atoms with Gasteiger partial charge in [0.25, 0.3) is 0 Å². The van der Waals surface area contributed by atoms with Crippen LogP contribution in [0.2, 0.25) is 0 Å². The smallest absolute Gasteiger partial charge is 0.410 e. The summed E-state index contributed by atoms with van der Waals surface area (Å²) in [6.45, 7) is 17.7. The number of guanidine groups is 1. The van der Waals surface area contributed by atoms with E-state index in [-0.39, 0.29) is 6.09 Å². The number of rotatable bonds is 6. The lowest BCUT2D eigenvalue weighted by molar-refractivity contribution is 0.0148. The molecular formula is C18H37N5O2. The van der Waals surface area contributed by atoms with E-state index in [1.54, 1.807) is 4.90 Å². The van der Waals surface area contributed by atoms with E-state index in [9.17, 15) is 4.79 Å². The van der Waals surface area contributed by atoms with Crippen LogP contribution < -0.4 is 10.6 Å². The summed E-state index contributed by atoms with van der Waals surface area (Å²) in [5.74, 6) is 0.879. The van der Waals surface area contributed by atoms with Gasteiger partial charge in [-0.3, -0.25) is 9.89 Å². The number of nitrogens with one attached hydrogen (secondary N) is 2. The molecule has 1 amide bonds. The first kappa shape index (κ1) is 21.5. The zero-order valence-electron chi connectivity index (χ0n) is 16.9. The fourth-order valence-electron chi connectivity index (χ4n) is 2.44. The Bertz CT molecular complexity index is 426. The van der Waals surface area contributed by atoms with Crippen LogP contribution >= 0.6 is 0 Å². The standard InChI is InChI=1S/C18H37N5O2/c1-7-15(3)21-16(19-8-2)20-9-10-22-11-13-23(14-12-22)17(24)25-18(4,5)6/h15H,7-14H2,1-6H3,(H2,19,20,21). The molecule has 0 bridgehead atoms. The topological polar surface area (TPSA) is 69.2 Å². The third kappa shape index (κ3) is 8.95. The number of nitrogens with zero attached hydrogens (tertiary/aromatic N) is 3. The molecule has 7 heteroatoms. The van der Waals surface area contributed by atoms with E-state index >= 15 is 0 Å². The summed E-state index contributed by atoms with van der Waals surface area (Å²) < 4.78 is 5.43. The van der Waals surface area contributed by atoms with Crippen molar-refractivity contribution >= 4 is 12.1 Å². The third-order valence-electron chi connectivity index (χ3n) is 4.05. The van der Waals surface area contributed by atoms with Gasteiger partial charge in [0.2, 0.25) is 0 Å². The Kier molecular flexibility index (Phi) is 9.03. The highest BCUT2D eigenvalue weighted by molar-refractivity contribution is 5.80. The Balaban J connectivity index is 2.35. The molecule has 1 fully saturated rings. The van der Waals surface area contributed by atoms with Gasteiger partial charge in [-0.15, -0.1) is 0 Å². The summed E-state index contributed by atoms with van der Waals surface area (Å²) in [5.41, 5.74) is -0.436. The molecular weight excluding hydrogens is 318 g/mol. The number of carbonyl (C=O) groups is 1. The molecule has 0 aromatic carbocycles. The molecule has 1 aliphatic rings. The number of hydrogen-bond donors (Lipinski definition) is 2. The molecule has 0 aromatic rings. The van der Waals surface area contributed by atoms with Gasteiger partial charge < -0.3 is 20.3 Å². The molecule has 0 spiro atoms. The first-order valence-corrected chi connectivity index (χ1v) is 9.50. The molecule has 1 rings (SSSR count). The summed E-state index contributed by atoms with van der Waals surface area (Å²) in [7, 11) is 0.